The minimum atomic E-state index is -3.88. The van der Waals surface area contributed by atoms with Gasteiger partial charge in [0.05, 0.1) is 21.2 Å². The van der Waals surface area contributed by atoms with Crippen molar-refractivity contribution in [2.24, 2.45) is 0 Å². The summed E-state index contributed by atoms with van der Waals surface area (Å²) in [5.41, 5.74) is 1.28. The molecule has 0 bridgehead atoms. The predicted octanol–water partition coefficient (Wildman–Crippen LogP) is 3.42. The summed E-state index contributed by atoms with van der Waals surface area (Å²) in [6.07, 6.45) is 3.06. The van der Waals surface area contributed by atoms with Crippen LogP contribution in [0, 0.1) is 0 Å². The smallest absolute Gasteiger partial charge is 0.261 e. The molecule has 0 aromatic heterocycles. The molecule has 10 heteroatoms. The average molecular weight is 495 g/mol. The van der Waals surface area contributed by atoms with Crippen LogP contribution in [0.3, 0.4) is 0 Å². The van der Waals surface area contributed by atoms with Crippen LogP contribution in [-0.4, -0.2) is 66.3 Å². The molecule has 2 aromatic rings. The molecule has 0 aliphatic carbocycles. The Hall–Kier alpha value is -2.56. The highest BCUT2D eigenvalue weighted by atomic mass is 32.2. The van der Waals surface area contributed by atoms with Crippen LogP contribution in [-0.2, 0) is 20.0 Å². The van der Waals surface area contributed by atoms with Crippen molar-refractivity contribution in [2.75, 3.05) is 49.9 Å². The maximum absolute atomic E-state index is 12.9. The first-order valence-corrected chi connectivity index (χ1v) is 13.7. The third-order valence-corrected chi connectivity index (χ3v) is 8.18. The van der Waals surface area contributed by atoms with Crippen molar-refractivity contribution in [1.82, 2.24) is 9.21 Å². The summed E-state index contributed by atoms with van der Waals surface area (Å²) in [6.45, 7) is 11.2. The fraction of sp³-hybridized carbons (Fsp3) is 0.391. The van der Waals surface area contributed by atoms with Crippen molar-refractivity contribution in [2.45, 2.75) is 30.1 Å². The van der Waals surface area contributed by atoms with Crippen LogP contribution in [0.2, 0.25) is 0 Å². The maximum Gasteiger partial charge on any atom is 0.261 e. The third kappa shape index (κ3) is 6.72. The van der Waals surface area contributed by atoms with E-state index in [0.717, 1.165) is 36.2 Å². The Labute approximate surface area is 198 Å². The molecule has 1 aliphatic heterocycles. The lowest BCUT2D eigenvalue weighted by molar-refractivity contribution is 0.350. The molecule has 1 heterocycles. The van der Waals surface area contributed by atoms with Crippen LogP contribution >= 0.6 is 0 Å². The Morgan fingerprint density at radius 1 is 0.909 bits per heavy atom. The van der Waals surface area contributed by atoms with Gasteiger partial charge in [-0.05, 0) is 42.6 Å². The highest BCUT2D eigenvalue weighted by molar-refractivity contribution is 7.92. The summed E-state index contributed by atoms with van der Waals surface area (Å²) < 4.78 is 54.0. The van der Waals surface area contributed by atoms with E-state index in [1.54, 1.807) is 12.1 Å². The molecule has 0 spiro atoms. The molecular formula is C23H34N4O4S2. The first-order chi connectivity index (χ1) is 15.6. The standard InChI is InChI=1S/C20H26N4O4S2.C3H8/c1-4-23-13-15-24(16-14-23)20-8-6-5-7-19(20)21-29(25,26)17-9-11-18(12-10-17)30(27,28)22(2)3;1-3-2/h4-12,21H,1,13-16H2,2-3H3;3H2,1-2H3. The van der Waals surface area contributed by atoms with E-state index in [0.29, 0.717) is 5.69 Å². The largest absolute Gasteiger partial charge is 0.374 e. The van der Waals surface area contributed by atoms with Gasteiger partial charge in [0.1, 0.15) is 0 Å². The highest BCUT2D eigenvalue weighted by Crippen LogP contribution is 2.29. The monoisotopic (exact) mass is 494 g/mol. The zero-order valence-corrected chi connectivity index (χ0v) is 21.4. The van der Waals surface area contributed by atoms with Gasteiger partial charge in [-0.3, -0.25) is 4.72 Å². The van der Waals surface area contributed by atoms with Gasteiger partial charge in [-0.25, -0.2) is 21.1 Å². The Bertz CT molecular complexity index is 1120. The van der Waals surface area contributed by atoms with E-state index in [1.165, 1.54) is 44.8 Å². The van der Waals surface area contributed by atoms with Crippen molar-refractivity contribution in [3.63, 3.8) is 0 Å². The van der Waals surface area contributed by atoms with Gasteiger partial charge in [0.2, 0.25) is 10.0 Å². The lowest BCUT2D eigenvalue weighted by Crippen LogP contribution is -2.44. The second-order valence-electron chi connectivity index (χ2n) is 7.79. The van der Waals surface area contributed by atoms with E-state index in [1.807, 2.05) is 18.3 Å². The van der Waals surface area contributed by atoms with E-state index in [2.05, 4.69) is 34.9 Å². The third-order valence-electron chi connectivity index (χ3n) is 4.97. The number of hydrogen-bond acceptors (Lipinski definition) is 6. The Kier molecular flexibility index (Phi) is 9.33. The van der Waals surface area contributed by atoms with Crippen molar-refractivity contribution in [3.05, 3.63) is 61.3 Å². The maximum atomic E-state index is 12.9. The Morgan fingerprint density at radius 2 is 1.42 bits per heavy atom. The molecule has 0 radical (unpaired) electrons. The van der Waals surface area contributed by atoms with E-state index < -0.39 is 20.0 Å². The summed E-state index contributed by atoms with van der Waals surface area (Å²) in [7, 11) is -4.66. The number of sulfonamides is 2. The zero-order valence-electron chi connectivity index (χ0n) is 19.7. The van der Waals surface area contributed by atoms with Crippen LogP contribution < -0.4 is 9.62 Å². The lowest BCUT2D eigenvalue weighted by Gasteiger charge is -2.36. The van der Waals surface area contributed by atoms with Gasteiger partial charge in [0.25, 0.3) is 10.0 Å². The van der Waals surface area contributed by atoms with Gasteiger partial charge in [0, 0.05) is 40.3 Å². The van der Waals surface area contributed by atoms with Crippen molar-refractivity contribution in [1.29, 1.82) is 0 Å². The van der Waals surface area contributed by atoms with E-state index in [9.17, 15) is 16.8 Å². The number of rotatable bonds is 7. The summed E-state index contributed by atoms with van der Waals surface area (Å²) in [5, 5.41) is 0. The summed E-state index contributed by atoms with van der Waals surface area (Å²) >= 11 is 0. The minimum absolute atomic E-state index is 0.00788. The van der Waals surface area contributed by atoms with Gasteiger partial charge >= 0.3 is 0 Å². The lowest BCUT2D eigenvalue weighted by atomic mass is 10.2. The number of nitrogens with zero attached hydrogens (tertiary/aromatic N) is 3. The minimum Gasteiger partial charge on any atom is -0.374 e. The fourth-order valence-electron chi connectivity index (χ4n) is 3.19. The molecule has 2 aromatic carbocycles. The molecule has 0 saturated carbocycles. The molecule has 33 heavy (non-hydrogen) atoms. The molecule has 1 aliphatic rings. The van der Waals surface area contributed by atoms with Gasteiger partial charge in [0.15, 0.2) is 0 Å². The molecule has 1 fully saturated rings. The molecular weight excluding hydrogens is 460 g/mol. The number of hydrogen-bond donors (Lipinski definition) is 1. The summed E-state index contributed by atoms with van der Waals surface area (Å²) in [6, 6.07) is 12.4. The number of piperazine rings is 1. The topological polar surface area (TPSA) is 90.0 Å². The number of para-hydroxylation sites is 2. The predicted molar refractivity (Wildman–Crippen MR) is 135 cm³/mol. The molecule has 3 rings (SSSR count). The van der Waals surface area contributed by atoms with Crippen molar-refractivity contribution in [3.8, 4) is 0 Å². The van der Waals surface area contributed by atoms with Crippen LogP contribution in [0.1, 0.15) is 20.3 Å². The van der Waals surface area contributed by atoms with Crippen molar-refractivity contribution >= 4 is 31.4 Å². The molecule has 0 unspecified atom stereocenters. The van der Waals surface area contributed by atoms with Crippen LogP contribution in [0.5, 0.6) is 0 Å². The number of nitrogens with one attached hydrogen (secondary N) is 1. The van der Waals surface area contributed by atoms with Crippen LogP contribution in [0.15, 0.2) is 71.1 Å². The zero-order chi connectivity index (χ0) is 24.6. The normalized spacial score (nSPS) is 14.5. The van der Waals surface area contributed by atoms with Crippen LogP contribution in [0.25, 0.3) is 0 Å². The van der Waals surface area contributed by atoms with Gasteiger partial charge in [-0.2, -0.15) is 0 Å². The Morgan fingerprint density at radius 3 is 1.94 bits per heavy atom. The van der Waals surface area contributed by atoms with E-state index >= 15 is 0 Å². The quantitative estimate of drug-likeness (QED) is 0.634. The molecule has 1 N–H and O–H groups in total. The van der Waals surface area contributed by atoms with E-state index in [-0.39, 0.29) is 9.79 Å². The second-order valence-corrected chi connectivity index (χ2v) is 11.6. The van der Waals surface area contributed by atoms with Crippen molar-refractivity contribution < 1.29 is 16.8 Å². The average Bonchev–Trinajstić information content (AvgIpc) is 2.80. The molecule has 182 valence electrons. The first kappa shape index (κ1) is 26.7. The summed E-state index contributed by atoms with van der Waals surface area (Å²) in [5.74, 6) is 0. The highest BCUT2D eigenvalue weighted by Gasteiger charge is 2.22. The Balaban J connectivity index is 0.00000122. The number of benzene rings is 2. The fourth-order valence-corrected chi connectivity index (χ4v) is 5.16. The van der Waals surface area contributed by atoms with Gasteiger partial charge in [-0.15, -0.1) is 0 Å². The van der Waals surface area contributed by atoms with Gasteiger partial charge < -0.3 is 9.80 Å². The molecule has 0 amide bonds. The van der Waals surface area contributed by atoms with Crippen LogP contribution in [0.4, 0.5) is 11.4 Å². The molecule has 0 atom stereocenters. The molecule has 1 saturated heterocycles. The molecule has 8 nitrogen and oxygen atoms in total. The summed E-state index contributed by atoms with van der Waals surface area (Å²) in [4.78, 5) is 4.27. The van der Waals surface area contributed by atoms with Gasteiger partial charge in [-0.1, -0.05) is 39.0 Å². The second kappa shape index (κ2) is 11.5. The SMILES string of the molecule is C=CN1CCN(c2ccccc2NS(=O)(=O)c2ccc(S(=O)(=O)N(C)C)cc2)CC1.CCC. The number of anilines is 2. The van der Waals surface area contributed by atoms with E-state index in [4.69, 9.17) is 0 Å². The first-order valence-electron chi connectivity index (χ1n) is 10.8.